The number of amides is 1. The van der Waals surface area contributed by atoms with E-state index in [-0.39, 0.29) is 24.4 Å². The molecule has 0 spiro atoms. The van der Waals surface area contributed by atoms with Crippen LogP contribution in [0.15, 0.2) is 95.8 Å². The molecular formula is C27H25N3O5. The fourth-order valence-electron chi connectivity index (χ4n) is 3.20. The molecule has 0 atom stereocenters. The number of ether oxygens (including phenoxy) is 3. The number of carbonyl (C=O) groups is 1. The molecule has 1 aromatic heterocycles. The third-order valence-electron chi connectivity index (χ3n) is 4.90. The number of hydrogen-bond donors (Lipinski definition) is 1. The van der Waals surface area contributed by atoms with Gasteiger partial charge in [0.1, 0.15) is 35.3 Å². The number of hydrogen-bond acceptors (Lipinski definition) is 6. The van der Waals surface area contributed by atoms with Gasteiger partial charge in [0.15, 0.2) is 0 Å². The van der Waals surface area contributed by atoms with Crippen LogP contribution in [0.3, 0.4) is 0 Å². The second kappa shape index (κ2) is 11.5. The number of benzene rings is 3. The summed E-state index contributed by atoms with van der Waals surface area (Å²) < 4.78 is 18.1. The lowest BCUT2D eigenvalue weighted by molar-refractivity contribution is 0.101. The van der Waals surface area contributed by atoms with Crippen molar-refractivity contribution in [2.45, 2.75) is 13.5 Å². The van der Waals surface area contributed by atoms with Gasteiger partial charge in [0.05, 0.1) is 13.2 Å². The molecular weight excluding hydrogens is 446 g/mol. The summed E-state index contributed by atoms with van der Waals surface area (Å²) in [6.45, 7) is 3.00. The summed E-state index contributed by atoms with van der Waals surface area (Å²) in [6, 6.07) is 26.3. The first-order valence-corrected chi connectivity index (χ1v) is 11.2. The molecule has 1 amide bonds. The minimum atomic E-state index is -0.428. The first-order chi connectivity index (χ1) is 17.1. The van der Waals surface area contributed by atoms with Crippen LogP contribution in [0.5, 0.6) is 23.0 Å². The Hall–Kier alpha value is -4.59. The standard InChI is InChI=1S/C27H25N3O5/c1-2-33-22-12-14-24(15-13-22)35-23-10-8-20(9-11-23)28-27(32)25-16-17-26(31)30(29-25)18-19-34-21-6-4-3-5-7-21/h3-17H,2,18-19H2,1H3,(H,28,32). The normalized spacial score (nSPS) is 10.4. The number of nitrogens with one attached hydrogen (secondary N) is 1. The highest BCUT2D eigenvalue weighted by Crippen LogP contribution is 2.25. The second-order valence-corrected chi connectivity index (χ2v) is 7.43. The summed E-state index contributed by atoms with van der Waals surface area (Å²) in [6.07, 6.45) is 0. The van der Waals surface area contributed by atoms with Gasteiger partial charge in [-0.1, -0.05) is 18.2 Å². The Balaban J connectivity index is 1.34. The number of aromatic nitrogens is 2. The van der Waals surface area contributed by atoms with Crippen LogP contribution in [0.4, 0.5) is 5.69 Å². The quantitative estimate of drug-likeness (QED) is 0.358. The molecule has 0 unspecified atom stereocenters. The third kappa shape index (κ3) is 6.70. The fourth-order valence-corrected chi connectivity index (χ4v) is 3.20. The molecule has 0 radical (unpaired) electrons. The molecule has 1 heterocycles. The molecule has 0 aliphatic heterocycles. The Bertz CT molecular complexity index is 1300. The van der Waals surface area contributed by atoms with Crippen molar-refractivity contribution in [3.63, 3.8) is 0 Å². The van der Waals surface area contributed by atoms with Crippen molar-refractivity contribution in [2.75, 3.05) is 18.5 Å². The van der Waals surface area contributed by atoms with E-state index >= 15 is 0 Å². The van der Waals surface area contributed by atoms with Gasteiger partial charge in [0.2, 0.25) is 0 Å². The largest absolute Gasteiger partial charge is 0.494 e. The predicted octanol–water partition coefficient (Wildman–Crippen LogP) is 4.77. The monoisotopic (exact) mass is 471 g/mol. The molecule has 0 bridgehead atoms. The molecule has 8 heteroatoms. The molecule has 4 rings (SSSR count). The predicted molar refractivity (Wildman–Crippen MR) is 133 cm³/mol. The van der Waals surface area contributed by atoms with Gasteiger partial charge in [0, 0.05) is 11.8 Å². The van der Waals surface area contributed by atoms with Gasteiger partial charge in [-0.25, -0.2) is 4.68 Å². The highest BCUT2D eigenvalue weighted by molar-refractivity contribution is 6.02. The lowest BCUT2D eigenvalue weighted by Gasteiger charge is -2.10. The van der Waals surface area contributed by atoms with E-state index in [1.807, 2.05) is 61.5 Å². The average Bonchev–Trinajstić information content (AvgIpc) is 2.88. The number of rotatable bonds is 10. The summed E-state index contributed by atoms with van der Waals surface area (Å²) in [5.41, 5.74) is 0.383. The molecule has 8 nitrogen and oxygen atoms in total. The Morgan fingerprint density at radius 1 is 0.800 bits per heavy atom. The number of carbonyl (C=O) groups excluding carboxylic acids is 1. The van der Waals surface area contributed by atoms with E-state index in [4.69, 9.17) is 14.2 Å². The molecule has 1 N–H and O–H groups in total. The summed E-state index contributed by atoms with van der Waals surface area (Å²) in [4.78, 5) is 24.8. The summed E-state index contributed by atoms with van der Waals surface area (Å²) in [5, 5.41) is 6.95. The molecule has 0 saturated carbocycles. The van der Waals surface area contributed by atoms with Gasteiger partial charge < -0.3 is 19.5 Å². The second-order valence-electron chi connectivity index (χ2n) is 7.43. The topological polar surface area (TPSA) is 91.7 Å². The summed E-state index contributed by atoms with van der Waals surface area (Å²) >= 11 is 0. The van der Waals surface area contributed by atoms with E-state index in [9.17, 15) is 9.59 Å². The van der Waals surface area contributed by atoms with Crippen LogP contribution in [0, 0.1) is 0 Å². The van der Waals surface area contributed by atoms with Crippen molar-refractivity contribution >= 4 is 11.6 Å². The van der Waals surface area contributed by atoms with Crippen LogP contribution in [-0.2, 0) is 6.54 Å². The van der Waals surface area contributed by atoms with Gasteiger partial charge in [-0.3, -0.25) is 9.59 Å². The molecule has 3 aromatic carbocycles. The van der Waals surface area contributed by atoms with Crippen LogP contribution < -0.4 is 25.1 Å². The van der Waals surface area contributed by atoms with Crippen LogP contribution >= 0.6 is 0 Å². The van der Waals surface area contributed by atoms with Crippen molar-refractivity contribution in [2.24, 2.45) is 0 Å². The SMILES string of the molecule is CCOc1ccc(Oc2ccc(NC(=O)c3ccc(=O)n(CCOc4ccccc4)n3)cc2)cc1. The van der Waals surface area contributed by atoms with Crippen molar-refractivity contribution in [1.82, 2.24) is 9.78 Å². The zero-order chi connectivity index (χ0) is 24.5. The zero-order valence-corrected chi connectivity index (χ0v) is 19.2. The third-order valence-corrected chi connectivity index (χ3v) is 4.90. The molecule has 178 valence electrons. The van der Waals surface area contributed by atoms with Gasteiger partial charge in [-0.2, -0.15) is 5.10 Å². The van der Waals surface area contributed by atoms with Crippen LogP contribution in [0.25, 0.3) is 0 Å². The number of anilines is 1. The zero-order valence-electron chi connectivity index (χ0n) is 19.2. The van der Waals surface area contributed by atoms with Crippen molar-refractivity contribution in [3.05, 3.63) is 107 Å². The van der Waals surface area contributed by atoms with Gasteiger partial charge in [-0.15, -0.1) is 0 Å². The van der Waals surface area contributed by atoms with Gasteiger partial charge in [-0.05, 0) is 73.7 Å². The molecule has 0 fully saturated rings. The van der Waals surface area contributed by atoms with Crippen molar-refractivity contribution < 1.29 is 19.0 Å². The maximum atomic E-state index is 12.7. The summed E-state index contributed by atoms with van der Waals surface area (Å²) in [5.74, 6) is 2.35. The lowest BCUT2D eigenvalue weighted by Crippen LogP contribution is -2.28. The van der Waals surface area contributed by atoms with Crippen LogP contribution in [-0.4, -0.2) is 28.9 Å². The van der Waals surface area contributed by atoms with Gasteiger partial charge >= 0.3 is 0 Å². The highest BCUT2D eigenvalue weighted by atomic mass is 16.5. The molecule has 0 saturated heterocycles. The van der Waals surface area contributed by atoms with E-state index in [1.165, 1.54) is 16.8 Å². The molecule has 0 aliphatic carbocycles. The molecule has 0 aliphatic rings. The smallest absolute Gasteiger partial charge is 0.276 e. The Morgan fingerprint density at radius 3 is 2.11 bits per heavy atom. The molecule has 35 heavy (non-hydrogen) atoms. The van der Waals surface area contributed by atoms with Crippen LogP contribution in [0.2, 0.25) is 0 Å². The van der Waals surface area contributed by atoms with Crippen molar-refractivity contribution in [1.29, 1.82) is 0 Å². The number of para-hydroxylation sites is 1. The van der Waals surface area contributed by atoms with E-state index in [2.05, 4.69) is 10.4 Å². The summed E-state index contributed by atoms with van der Waals surface area (Å²) in [7, 11) is 0. The Morgan fingerprint density at radius 2 is 1.43 bits per heavy atom. The highest BCUT2D eigenvalue weighted by Gasteiger charge is 2.11. The Labute approximate surface area is 202 Å². The minimum Gasteiger partial charge on any atom is -0.494 e. The first kappa shape index (κ1) is 23.6. The fraction of sp³-hybridized carbons (Fsp3) is 0.148. The van der Waals surface area contributed by atoms with Crippen LogP contribution in [0.1, 0.15) is 17.4 Å². The Kier molecular flexibility index (Phi) is 7.75. The molecule has 4 aromatic rings. The minimum absolute atomic E-state index is 0.124. The van der Waals surface area contributed by atoms with Crippen molar-refractivity contribution in [3.8, 4) is 23.0 Å². The van der Waals surface area contributed by atoms with Gasteiger partial charge in [0.25, 0.3) is 11.5 Å². The van der Waals surface area contributed by atoms with E-state index in [0.29, 0.717) is 29.5 Å². The van der Waals surface area contributed by atoms with E-state index in [0.717, 1.165) is 5.75 Å². The average molecular weight is 472 g/mol. The lowest BCUT2D eigenvalue weighted by atomic mass is 10.2. The van der Waals surface area contributed by atoms with E-state index in [1.54, 1.807) is 24.3 Å². The number of nitrogens with zero attached hydrogens (tertiary/aromatic N) is 2. The maximum absolute atomic E-state index is 12.7. The first-order valence-electron chi connectivity index (χ1n) is 11.2. The van der Waals surface area contributed by atoms with E-state index < -0.39 is 5.91 Å². The maximum Gasteiger partial charge on any atom is 0.276 e.